The highest BCUT2D eigenvalue weighted by Crippen LogP contribution is 2.27. The van der Waals surface area contributed by atoms with Gasteiger partial charge in [0.15, 0.2) is 0 Å². The number of hydrogen-bond donors (Lipinski definition) is 1. The quantitative estimate of drug-likeness (QED) is 0.794. The van der Waals surface area contributed by atoms with Crippen molar-refractivity contribution in [2.45, 2.75) is 26.2 Å². The molecule has 102 valence electrons. The van der Waals surface area contributed by atoms with E-state index in [2.05, 4.69) is 15.5 Å². The number of anilines is 1. The van der Waals surface area contributed by atoms with E-state index in [0.717, 1.165) is 5.01 Å². The Morgan fingerprint density at radius 2 is 2.06 bits per heavy atom. The maximum atomic E-state index is 11.5. The summed E-state index contributed by atoms with van der Waals surface area (Å²) in [5.74, 6) is -0.234. The van der Waals surface area contributed by atoms with Gasteiger partial charge < -0.3 is 9.47 Å². The first-order chi connectivity index (χ1) is 8.43. The zero-order chi connectivity index (χ0) is 13.6. The summed E-state index contributed by atoms with van der Waals surface area (Å²) in [6, 6.07) is 0. The van der Waals surface area contributed by atoms with Crippen LogP contribution in [0.4, 0.5) is 5.13 Å². The second kappa shape index (κ2) is 6.77. The van der Waals surface area contributed by atoms with E-state index in [9.17, 15) is 4.79 Å². The minimum Gasteiger partial charge on any atom is -0.382 e. The fraction of sp³-hybridized carbons (Fsp3) is 0.727. The van der Waals surface area contributed by atoms with Gasteiger partial charge in [-0.1, -0.05) is 32.1 Å². The lowest BCUT2D eigenvalue weighted by molar-refractivity contribution is -0.121. The van der Waals surface area contributed by atoms with Crippen molar-refractivity contribution in [1.29, 1.82) is 0 Å². The van der Waals surface area contributed by atoms with Crippen molar-refractivity contribution < 1.29 is 14.3 Å². The standard InChI is InChI=1S/C11H19N3O3S/c1-11(2,3)9-13-14-10(18-9)12-8(15)7-17-6-5-16-4/h5-7H2,1-4H3,(H,12,14,15). The molecule has 1 aromatic heterocycles. The Bertz CT molecular complexity index is 387. The molecule has 0 radical (unpaired) electrons. The number of methoxy groups -OCH3 is 1. The van der Waals surface area contributed by atoms with Crippen LogP contribution in [0, 0.1) is 0 Å². The fourth-order valence-electron chi connectivity index (χ4n) is 1.04. The van der Waals surface area contributed by atoms with Crippen LogP contribution in [0.2, 0.25) is 0 Å². The van der Waals surface area contributed by atoms with Crippen molar-refractivity contribution in [3.63, 3.8) is 0 Å². The molecule has 0 saturated heterocycles. The minimum absolute atomic E-state index is 0.00616. The average molecular weight is 273 g/mol. The molecule has 0 aliphatic heterocycles. The number of carbonyl (C=O) groups is 1. The highest BCUT2D eigenvalue weighted by molar-refractivity contribution is 7.15. The van der Waals surface area contributed by atoms with Crippen LogP contribution >= 0.6 is 11.3 Å². The maximum absolute atomic E-state index is 11.5. The van der Waals surface area contributed by atoms with Gasteiger partial charge in [-0.05, 0) is 0 Å². The topological polar surface area (TPSA) is 73.3 Å². The Morgan fingerprint density at radius 3 is 2.61 bits per heavy atom. The van der Waals surface area contributed by atoms with Crippen LogP contribution in [-0.4, -0.2) is 43.0 Å². The zero-order valence-corrected chi connectivity index (χ0v) is 12.0. The SMILES string of the molecule is COCCOCC(=O)Nc1nnc(C(C)(C)C)s1. The molecule has 0 aliphatic rings. The van der Waals surface area contributed by atoms with Gasteiger partial charge in [0.1, 0.15) is 11.6 Å². The highest BCUT2D eigenvalue weighted by Gasteiger charge is 2.19. The number of amides is 1. The van der Waals surface area contributed by atoms with Gasteiger partial charge in [0.25, 0.3) is 5.91 Å². The summed E-state index contributed by atoms with van der Waals surface area (Å²) < 4.78 is 9.91. The molecule has 6 nitrogen and oxygen atoms in total. The van der Waals surface area contributed by atoms with Gasteiger partial charge in [-0.3, -0.25) is 10.1 Å². The predicted octanol–water partition coefficient (Wildman–Crippen LogP) is 1.44. The van der Waals surface area contributed by atoms with Crippen molar-refractivity contribution in [3.05, 3.63) is 5.01 Å². The van der Waals surface area contributed by atoms with Crippen LogP contribution in [0.15, 0.2) is 0 Å². The van der Waals surface area contributed by atoms with E-state index >= 15 is 0 Å². The number of nitrogens with one attached hydrogen (secondary N) is 1. The summed E-state index contributed by atoms with van der Waals surface area (Å²) in [6.07, 6.45) is 0. The summed E-state index contributed by atoms with van der Waals surface area (Å²) in [5, 5.41) is 12.0. The van der Waals surface area contributed by atoms with Crippen molar-refractivity contribution in [2.75, 3.05) is 32.2 Å². The minimum atomic E-state index is -0.234. The third kappa shape index (κ3) is 5.07. The summed E-state index contributed by atoms with van der Waals surface area (Å²) >= 11 is 1.38. The van der Waals surface area contributed by atoms with E-state index in [4.69, 9.17) is 9.47 Å². The Labute approximate surface area is 111 Å². The van der Waals surface area contributed by atoms with Crippen molar-refractivity contribution in [1.82, 2.24) is 10.2 Å². The molecule has 0 bridgehead atoms. The van der Waals surface area contributed by atoms with Crippen LogP contribution in [0.25, 0.3) is 0 Å². The molecule has 1 rings (SSSR count). The highest BCUT2D eigenvalue weighted by atomic mass is 32.1. The molecule has 18 heavy (non-hydrogen) atoms. The Kier molecular flexibility index (Phi) is 5.64. The second-order valence-corrected chi connectivity index (χ2v) is 5.73. The van der Waals surface area contributed by atoms with Crippen LogP contribution in [0.5, 0.6) is 0 Å². The molecule has 0 aliphatic carbocycles. The molecule has 0 atom stereocenters. The molecule has 1 amide bonds. The molecule has 0 aromatic carbocycles. The van der Waals surface area contributed by atoms with Gasteiger partial charge in [-0.2, -0.15) is 0 Å². The van der Waals surface area contributed by atoms with E-state index in [-0.39, 0.29) is 17.9 Å². The van der Waals surface area contributed by atoms with E-state index in [1.54, 1.807) is 7.11 Å². The largest absolute Gasteiger partial charge is 0.382 e. The molecular weight excluding hydrogens is 254 g/mol. The van der Waals surface area contributed by atoms with Crippen molar-refractivity contribution in [3.8, 4) is 0 Å². The number of nitrogens with zero attached hydrogens (tertiary/aromatic N) is 2. The number of ether oxygens (including phenoxy) is 2. The molecule has 1 N–H and O–H groups in total. The van der Waals surface area contributed by atoms with E-state index in [1.165, 1.54) is 11.3 Å². The second-order valence-electron chi connectivity index (χ2n) is 4.76. The van der Waals surface area contributed by atoms with Gasteiger partial charge in [0, 0.05) is 12.5 Å². The van der Waals surface area contributed by atoms with E-state index in [1.807, 2.05) is 20.8 Å². The van der Waals surface area contributed by atoms with Gasteiger partial charge in [-0.15, -0.1) is 10.2 Å². The third-order valence-corrected chi connectivity index (χ3v) is 3.24. The molecule has 0 saturated carbocycles. The monoisotopic (exact) mass is 273 g/mol. The van der Waals surface area contributed by atoms with E-state index in [0.29, 0.717) is 18.3 Å². The normalized spacial score (nSPS) is 11.6. The first-order valence-electron chi connectivity index (χ1n) is 5.64. The fourth-order valence-corrected chi connectivity index (χ4v) is 1.86. The predicted molar refractivity (Wildman–Crippen MR) is 69.9 cm³/mol. The lowest BCUT2D eigenvalue weighted by Gasteiger charge is -2.12. The number of carbonyl (C=O) groups excluding carboxylic acids is 1. The Hall–Kier alpha value is -1.05. The van der Waals surface area contributed by atoms with Gasteiger partial charge in [-0.25, -0.2) is 0 Å². The van der Waals surface area contributed by atoms with Crippen molar-refractivity contribution >= 4 is 22.4 Å². The zero-order valence-electron chi connectivity index (χ0n) is 11.1. The molecule has 0 fully saturated rings. The maximum Gasteiger partial charge on any atom is 0.252 e. The molecular formula is C11H19N3O3S. The number of aromatic nitrogens is 2. The summed E-state index contributed by atoms with van der Waals surface area (Å²) in [7, 11) is 1.58. The van der Waals surface area contributed by atoms with Crippen LogP contribution in [0.3, 0.4) is 0 Å². The van der Waals surface area contributed by atoms with Gasteiger partial charge >= 0.3 is 0 Å². The number of rotatable bonds is 6. The smallest absolute Gasteiger partial charge is 0.252 e. The van der Waals surface area contributed by atoms with Crippen LogP contribution < -0.4 is 5.32 Å². The molecule has 1 heterocycles. The average Bonchev–Trinajstić information content (AvgIpc) is 2.72. The Balaban J connectivity index is 2.38. The van der Waals surface area contributed by atoms with E-state index < -0.39 is 0 Å². The Morgan fingerprint density at radius 1 is 1.33 bits per heavy atom. The van der Waals surface area contributed by atoms with Crippen LogP contribution in [0.1, 0.15) is 25.8 Å². The lowest BCUT2D eigenvalue weighted by atomic mass is 9.98. The lowest BCUT2D eigenvalue weighted by Crippen LogP contribution is -2.19. The van der Waals surface area contributed by atoms with Crippen LogP contribution in [-0.2, 0) is 19.7 Å². The number of hydrogen-bond acceptors (Lipinski definition) is 6. The summed E-state index contributed by atoms with van der Waals surface area (Å²) in [5.41, 5.74) is -0.0599. The molecule has 0 spiro atoms. The molecule has 7 heteroatoms. The molecule has 0 unspecified atom stereocenters. The summed E-state index contributed by atoms with van der Waals surface area (Å²) in [6.45, 7) is 7.01. The van der Waals surface area contributed by atoms with Gasteiger partial charge in [0.2, 0.25) is 5.13 Å². The third-order valence-electron chi connectivity index (χ3n) is 1.98. The first kappa shape index (κ1) is 15.0. The first-order valence-corrected chi connectivity index (χ1v) is 6.45. The van der Waals surface area contributed by atoms with Crippen molar-refractivity contribution in [2.24, 2.45) is 0 Å². The summed E-state index contributed by atoms with van der Waals surface area (Å²) in [4.78, 5) is 11.5. The molecule has 1 aromatic rings. The van der Waals surface area contributed by atoms with Gasteiger partial charge in [0.05, 0.1) is 13.2 Å².